The quantitative estimate of drug-likeness (QED) is 0.845. The van der Waals surface area contributed by atoms with Crippen molar-refractivity contribution in [3.63, 3.8) is 0 Å². The number of ketones is 1. The Kier molecular flexibility index (Phi) is 4.67. The van der Waals surface area contributed by atoms with Crippen LogP contribution in [-0.2, 0) is 24.0 Å². The van der Waals surface area contributed by atoms with Crippen LogP contribution in [0.1, 0.15) is 39.2 Å². The standard InChI is InChI=1S/C20H23NO2S/c22-18-8-4-7-16-17(10-9-15-5-2-1-3-6-15)20(24-19(16)18)21-11-13-23-14-12-21/h1-3,5-6H,4,7-14H2. The number of anilines is 1. The van der Waals surface area contributed by atoms with Gasteiger partial charge in [0.1, 0.15) is 0 Å². The fourth-order valence-electron chi connectivity index (χ4n) is 3.71. The highest BCUT2D eigenvalue weighted by Gasteiger charge is 2.28. The second kappa shape index (κ2) is 7.08. The summed E-state index contributed by atoms with van der Waals surface area (Å²) in [5, 5.41) is 1.33. The maximum atomic E-state index is 12.4. The van der Waals surface area contributed by atoms with Crippen LogP contribution in [0.15, 0.2) is 30.3 Å². The van der Waals surface area contributed by atoms with Crippen molar-refractivity contribution in [3.8, 4) is 0 Å². The molecule has 126 valence electrons. The van der Waals surface area contributed by atoms with Crippen molar-refractivity contribution in [2.24, 2.45) is 0 Å². The third-order valence-electron chi connectivity index (χ3n) is 4.98. The molecule has 3 nitrogen and oxygen atoms in total. The number of aryl methyl sites for hydroxylation is 1. The number of hydrogen-bond donors (Lipinski definition) is 0. The minimum Gasteiger partial charge on any atom is -0.378 e. The van der Waals surface area contributed by atoms with Crippen LogP contribution in [0.3, 0.4) is 0 Å². The summed E-state index contributed by atoms with van der Waals surface area (Å²) in [7, 11) is 0. The lowest BCUT2D eigenvalue weighted by Gasteiger charge is -2.28. The minimum atomic E-state index is 0.349. The van der Waals surface area contributed by atoms with E-state index in [0.29, 0.717) is 12.2 Å². The molecule has 0 spiro atoms. The molecule has 1 aromatic carbocycles. The van der Waals surface area contributed by atoms with Crippen molar-refractivity contribution in [2.75, 3.05) is 31.2 Å². The SMILES string of the molecule is O=C1CCCc2c1sc(N1CCOCC1)c2CCc1ccccc1. The summed E-state index contributed by atoms with van der Waals surface area (Å²) in [6, 6.07) is 10.7. The van der Waals surface area contributed by atoms with Gasteiger partial charge in [-0.2, -0.15) is 0 Å². The molecule has 2 aliphatic rings. The number of thiophene rings is 1. The molecule has 0 unspecified atom stereocenters. The second-order valence-corrected chi connectivity index (χ2v) is 7.55. The van der Waals surface area contributed by atoms with E-state index in [-0.39, 0.29) is 0 Å². The lowest BCUT2D eigenvalue weighted by molar-refractivity contribution is 0.0976. The predicted molar refractivity (Wildman–Crippen MR) is 98.5 cm³/mol. The summed E-state index contributed by atoms with van der Waals surface area (Å²) in [6.07, 6.45) is 4.84. The van der Waals surface area contributed by atoms with Gasteiger partial charge in [0.2, 0.25) is 0 Å². The number of hydrogen-bond acceptors (Lipinski definition) is 4. The van der Waals surface area contributed by atoms with Crippen LogP contribution >= 0.6 is 11.3 Å². The molecule has 1 saturated heterocycles. The molecular weight excluding hydrogens is 318 g/mol. The molecule has 0 atom stereocenters. The highest BCUT2D eigenvalue weighted by atomic mass is 32.1. The van der Waals surface area contributed by atoms with Crippen molar-refractivity contribution in [1.82, 2.24) is 0 Å². The molecule has 1 aromatic heterocycles. The van der Waals surface area contributed by atoms with E-state index in [1.54, 1.807) is 11.3 Å². The van der Waals surface area contributed by atoms with E-state index >= 15 is 0 Å². The van der Waals surface area contributed by atoms with Crippen molar-refractivity contribution in [3.05, 3.63) is 51.9 Å². The molecule has 0 N–H and O–H groups in total. The lowest BCUT2D eigenvalue weighted by atomic mass is 9.92. The lowest BCUT2D eigenvalue weighted by Crippen LogP contribution is -2.36. The molecule has 1 aliphatic heterocycles. The van der Waals surface area contributed by atoms with Gasteiger partial charge in [-0.3, -0.25) is 4.79 Å². The Hall–Kier alpha value is -1.65. The topological polar surface area (TPSA) is 29.5 Å². The van der Waals surface area contributed by atoms with Crippen molar-refractivity contribution in [1.29, 1.82) is 0 Å². The molecule has 24 heavy (non-hydrogen) atoms. The van der Waals surface area contributed by atoms with Crippen molar-refractivity contribution in [2.45, 2.75) is 32.1 Å². The van der Waals surface area contributed by atoms with Crippen molar-refractivity contribution < 1.29 is 9.53 Å². The molecule has 2 aromatic rings. The first-order chi connectivity index (χ1) is 11.8. The maximum Gasteiger partial charge on any atom is 0.173 e. The smallest absolute Gasteiger partial charge is 0.173 e. The van der Waals surface area contributed by atoms with Crippen LogP contribution in [0.5, 0.6) is 0 Å². The number of carbonyl (C=O) groups excluding carboxylic acids is 1. The van der Waals surface area contributed by atoms with E-state index in [9.17, 15) is 4.79 Å². The van der Waals surface area contributed by atoms with Gasteiger partial charge < -0.3 is 9.64 Å². The largest absolute Gasteiger partial charge is 0.378 e. The van der Waals surface area contributed by atoms with E-state index in [4.69, 9.17) is 4.74 Å². The normalized spacial score (nSPS) is 17.8. The summed E-state index contributed by atoms with van der Waals surface area (Å²) in [4.78, 5) is 15.8. The third-order valence-corrected chi connectivity index (χ3v) is 6.36. The Bertz CT molecular complexity index is 717. The number of fused-ring (bicyclic) bond motifs is 1. The molecule has 1 fully saturated rings. The Labute approximate surface area is 147 Å². The molecule has 0 saturated carbocycles. The van der Waals surface area contributed by atoms with Crippen LogP contribution in [-0.4, -0.2) is 32.1 Å². The predicted octanol–water partition coefficient (Wildman–Crippen LogP) is 3.89. The number of ether oxygens (including phenoxy) is 1. The molecule has 1 aliphatic carbocycles. The summed E-state index contributed by atoms with van der Waals surface area (Å²) in [6.45, 7) is 3.45. The third kappa shape index (κ3) is 3.13. The van der Waals surface area contributed by atoms with Crippen LogP contribution in [0.4, 0.5) is 5.00 Å². The Balaban J connectivity index is 1.65. The van der Waals surface area contributed by atoms with Crippen LogP contribution in [0, 0.1) is 0 Å². The highest BCUT2D eigenvalue weighted by Crippen LogP contribution is 2.41. The minimum absolute atomic E-state index is 0.349. The summed E-state index contributed by atoms with van der Waals surface area (Å²) < 4.78 is 5.51. The van der Waals surface area contributed by atoms with Crippen LogP contribution in [0.2, 0.25) is 0 Å². The van der Waals surface area contributed by atoms with Gasteiger partial charge in [-0.15, -0.1) is 11.3 Å². The van der Waals surface area contributed by atoms with Crippen LogP contribution < -0.4 is 4.90 Å². The number of Topliss-reactive ketones (excluding diaryl/α,β-unsaturated/α-hetero) is 1. The van der Waals surface area contributed by atoms with E-state index in [0.717, 1.165) is 56.9 Å². The van der Waals surface area contributed by atoms with Gasteiger partial charge >= 0.3 is 0 Å². The van der Waals surface area contributed by atoms with Crippen molar-refractivity contribution >= 4 is 22.1 Å². The molecular formula is C20H23NO2S. The van der Waals surface area contributed by atoms with Gasteiger partial charge in [-0.25, -0.2) is 0 Å². The summed E-state index contributed by atoms with van der Waals surface area (Å²) >= 11 is 1.73. The molecule has 0 radical (unpaired) electrons. The van der Waals surface area contributed by atoms with Gasteiger partial charge in [0.25, 0.3) is 0 Å². The van der Waals surface area contributed by atoms with E-state index in [1.807, 2.05) is 0 Å². The fraction of sp³-hybridized carbons (Fsp3) is 0.450. The zero-order chi connectivity index (χ0) is 16.4. The number of nitrogens with zero attached hydrogens (tertiary/aromatic N) is 1. The van der Waals surface area contributed by atoms with Gasteiger partial charge in [0.15, 0.2) is 5.78 Å². The Morgan fingerprint density at radius 3 is 2.62 bits per heavy atom. The molecule has 0 bridgehead atoms. The first-order valence-corrected chi connectivity index (χ1v) is 9.69. The number of carbonyl (C=O) groups is 1. The van der Waals surface area contributed by atoms with E-state index in [2.05, 4.69) is 35.2 Å². The number of morpholine rings is 1. The zero-order valence-corrected chi connectivity index (χ0v) is 14.7. The summed E-state index contributed by atoms with van der Waals surface area (Å²) in [5.74, 6) is 0.349. The average molecular weight is 341 g/mol. The fourth-order valence-corrected chi connectivity index (χ4v) is 5.13. The molecule has 2 heterocycles. The van der Waals surface area contributed by atoms with E-state index in [1.165, 1.54) is 21.7 Å². The first kappa shape index (κ1) is 15.9. The van der Waals surface area contributed by atoms with E-state index < -0.39 is 0 Å². The Morgan fingerprint density at radius 1 is 1.04 bits per heavy atom. The van der Waals surface area contributed by atoms with Crippen LogP contribution in [0.25, 0.3) is 0 Å². The number of rotatable bonds is 4. The molecule has 0 amide bonds. The second-order valence-electron chi connectivity index (χ2n) is 6.56. The van der Waals surface area contributed by atoms with Gasteiger partial charge in [-0.05, 0) is 42.4 Å². The average Bonchev–Trinajstić information content (AvgIpc) is 3.02. The van der Waals surface area contributed by atoms with Gasteiger partial charge in [0, 0.05) is 19.5 Å². The molecule has 4 heteroatoms. The first-order valence-electron chi connectivity index (χ1n) is 8.87. The monoisotopic (exact) mass is 341 g/mol. The zero-order valence-electron chi connectivity index (χ0n) is 13.9. The van der Waals surface area contributed by atoms with Gasteiger partial charge in [0.05, 0.1) is 23.1 Å². The highest BCUT2D eigenvalue weighted by molar-refractivity contribution is 7.18. The number of benzene rings is 1. The maximum absolute atomic E-state index is 12.4. The Morgan fingerprint density at radius 2 is 1.83 bits per heavy atom. The molecule has 4 rings (SSSR count). The van der Waals surface area contributed by atoms with Gasteiger partial charge in [-0.1, -0.05) is 30.3 Å². The summed E-state index contributed by atoms with van der Waals surface area (Å²) in [5.41, 5.74) is 4.13.